The third kappa shape index (κ3) is 5.36. The van der Waals surface area contributed by atoms with E-state index in [2.05, 4.69) is 15.4 Å². The molecular weight excluding hydrogens is 420 g/mol. The van der Waals surface area contributed by atoms with Crippen molar-refractivity contribution in [2.24, 2.45) is 0 Å². The molecule has 0 bridgehead atoms. The van der Waals surface area contributed by atoms with Crippen molar-refractivity contribution in [1.82, 2.24) is 20.1 Å². The molecule has 162 valence electrons. The Hall–Kier alpha value is -3.58. The minimum atomic E-state index is -0.197. The molecular formula is C25H24N4O2S. The van der Waals surface area contributed by atoms with Crippen molar-refractivity contribution in [2.45, 2.75) is 26.3 Å². The van der Waals surface area contributed by atoms with Crippen LogP contribution in [-0.4, -0.2) is 27.2 Å². The summed E-state index contributed by atoms with van der Waals surface area (Å²) in [5.74, 6) is -0.0381. The summed E-state index contributed by atoms with van der Waals surface area (Å²) in [6.45, 7) is 2.61. The van der Waals surface area contributed by atoms with Crippen LogP contribution in [0.4, 0.5) is 0 Å². The molecule has 0 fully saturated rings. The summed E-state index contributed by atoms with van der Waals surface area (Å²) in [5.41, 5.74) is 3.57. The SMILES string of the molecule is Cc1nc(-c2ccccc2)sc1-c1ccc(=O)n(CCNC(=O)CCc2ccccc2)n1. The van der Waals surface area contributed by atoms with Crippen molar-refractivity contribution < 1.29 is 4.79 Å². The second kappa shape index (κ2) is 10.2. The Morgan fingerprint density at radius 2 is 1.72 bits per heavy atom. The Morgan fingerprint density at radius 1 is 1.00 bits per heavy atom. The molecule has 1 N–H and O–H groups in total. The highest BCUT2D eigenvalue weighted by Gasteiger charge is 2.13. The lowest BCUT2D eigenvalue weighted by atomic mass is 10.1. The molecule has 0 aliphatic heterocycles. The fourth-order valence-corrected chi connectivity index (χ4v) is 4.40. The quantitative estimate of drug-likeness (QED) is 0.444. The monoisotopic (exact) mass is 444 g/mol. The van der Waals surface area contributed by atoms with Crippen LogP contribution in [0.5, 0.6) is 0 Å². The molecule has 0 spiro atoms. The molecule has 2 heterocycles. The van der Waals surface area contributed by atoms with Crippen LogP contribution >= 0.6 is 11.3 Å². The maximum atomic E-state index is 12.3. The molecule has 32 heavy (non-hydrogen) atoms. The summed E-state index contributed by atoms with van der Waals surface area (Å²) in [6.07, 6.45) is 1.10. The summed E-state index contributed by atoms with van der Waals surface area (Å²) in [6, 6.07) is 23.1. The zero-order valence-corrected chi connectivity index (χ0v) is 18.6. The normalized spacial score (nSPS) is 10.8. The number of rotatable bonds is 8. The highest BCUT2D eigenvalue weighted by atomic mass is 32.1. The van der Waals surface area contributed by atoms with Gasteiger partial charge in [0.15, 0.2) is 0 Å². The zero-order chi connectivity index (χ0) is 22.3. The van der Waals surface area contributed by atoms with E-state index in [1.54, 1.807) is 17.4 Å². The van der Waals surface area contributed by atoms with E-state index in [0.717, 1.165) is 26.7 Å². The van der Waals surface area contributed by atoms with Crippen LogP contribution in [0.2, 0.25) is 0 Å². The summed E-state index contributed by atoms with van der Waals surface area (Å²) >= 11 is 1.55. The van der Waals surface area contributed by atoms with Crippen LogP contribution in [-0.2, 0) is 17.8 Å². The summed E-state index contributed by atoms with van der Waals surface area (Å²) in [5, 5.41) is 8.32. The Bertz CT molecular complexity index is 1250. The maximum absolute atomic E-state index is 12.3. The van der Waals surface area contributed by atoms with Crippen LogP contribution in [0.1, 0.15) is 17.7 Å². The number of hydrogen-bond acceptors (Lipinski definition) is 5. The van der Waals surface area contributed by atoms with E-state index >= 15 is 0 Å². The number of hydrogen-bond donors (Lipinski definition) is 1. The largest absolute Gasteiger partial charge is 0.354 e. The molecule has 0 atom stereocenters. The van der Waals surface area contributed by atoms with E-state index in [0.29, 0.717) is 31.6 Å². The average molecular weight is 445 g/mol. The molecule has 0 saturated carbocycles. The molecule has 0 saturated heterocycles. The number of nitrogens with one attached hydrogen (secondary N) is 1. The molecule has 4 rings (SSSR count). The van der Waals surface area contributed by atoms with Crippen LogP contribution in [0, 0.1) is 6.92 Å². The lowest BCUT2D eigenvalue weighted by Crippen LogP contribution is -2.32. The molecule has 1 amide bonds. The van der Waals surface area contributed by atoms with Gasteiger partial charge in [-0.1, -0.05) is 60.7 Å². The van der Waals surface area contributed by atoms with Crippen LogP contribution in [0.3, 0.4) is 0 Å². The lowest BCUT2D eigenvalue weighted by molar-refractivity contribution is -0.121. The molecule has 0 aliphatic carbocycles. The van der Waals surface area contributed by atoms with Crippen molar-refractivity contribution in [2.75, 3.05) is 6.54 Å². The number of carbonyl (C=O) groups excluding carboxylic acids is 1. The van der Waals surface area contributed by atoms with Crippen LogP contribution < -0.4 is 10.9 Å². The van der Waals surface area contributed by atoms with E-state index in [1.807, 2.05) is 67.6 Å². The third-order valence-corrected chi connectivity index (χ3v) is 6.27. The number of nitrogens with zero attached hydrogens (tertiary/aromatic N) is 3. The topological polar surface area (TPSA) is 76.9 Å². The molecule has 2 aromatic carbocycles. The van der Waals surface area contributed by atoms with Gasteiger partial charge in [0.05, 0.1) is 17.1 Å². The first-order valence-corrected chi connectivity index (χ1v) is 11.3. The van der Waals surface area contributed by atoms with Gasteiger partial charge in [0.2, 0.25) is 5.91 Å². The predicted octanol–water partition coefficient (Wildman–Crippen LogP) is 4.09. The minimum Gasteiger partial charge on any atom is -0.354 e. The van der Waals surface area contributed by atoms with Gasteiger partial charge in [-0.3, -0.25) is 9.59 Å². The highest BCUT2D eigenvalue weighted by molar-refractivity contribution is 7.18. The second-order valence-corrected chi connectivity index (χ2v) is 8.41. The van der Waals surface area contributed by atoms with Gasteiger partial charge in [-0.25, -0.2) is 9.67 Å². The maximum Gasteiger partial charge on any atom is 0.266 e. The van der Waals surface area contributed by atoms with Gasteiger partial charge in [-0.05, 0) is 25.0 Å². The second-order valence-electron chi connectivity index (χ2n) is 7.42. The Kier molecular flexibility index (Phi) is 6.87. The summed E-state index contributed by atoms with van der Waals surface area (Å²) in [7, 11) is 0. The number of amides is 1. The van der Waals surface area contributed by atoms with Crippen molar-refractivity contribution in [1.29, 1.82) is 0 Å². The first-order chi connectivity index (χ1) is 15.6. The van der Waals surface area contributed by atoms with E-state index in [1.165, 1.54) is 10.7 Å². The van der Waals surface area contributed by atoms with Crippen LogP contribution in [0.25, 0.3) is 21.1 Å². The van der Waals surface area contributed by atoms with Gasteiger partial charge in [0, 0.05) is 24.6 Å². The number of carbonyl (C=O) groups is 1. The summed E-state index contributed by atoms with van der Waals surface area (Å²) in [4.78, 5) is 30.0. The Balaban J connectivity index is 1.39. The Morgan fingerprint density at radius 3 is 2.47 bits per heavy atom. The van der Waals surface area contributed by atoms with E-state index in [-0.39, 0.29) is 11.5 Å². The molecule has 7 heteroatoms. The molecule has 0 radical (unpaired) electrons. The number of benzene rings is 2. The average Bonchev–Trinajstić information content (AvgIpc) is 3.22. The molecule has 6 nitrogen and oxygen atoms in total. The molecule has 0 aliphatic rings. The number of thiazole rings is 1. The van der Waals surface area contributed by atoms with Gasteiger partial charge in [-0.15, -0.1) is 11.3 Å². The number of aromatic nitrogens is 3. The molecule has 4 aromatic rings. The smallest absolute Gasteiger partial charge is 0.266 e. The van der Waals surface area contributed by atoms with Gasteiger partial charge < -0.3 is 5.32 Å². The van der Waals surface area contributed by atoms with Crippen LogP contribution in [0.15, 0.2) is 77.6 Å². The standard InChI is InChI=1S/C25H24N4O2S/c1-18-24(32-25(27-18)20-10-6-3-7-11-20)21-13-15-23(31)29(28-21)17-16-26-22(30)14-12-19-8-4-2-5-9-19/h2-11,13,15H,12,14,16-17H2,1H3,(H,26,30). The van der Waals surface area contributed by atoms with E-state index in [4.69, 9.17) is 0 Å². The third-order valence-electron chi connectivity index (χ3n) is 5.05. The lowest BCUT2D eigenvalue weighted by Gasteiger charge is -2.08. The van der Waals surface area contributed by atoms with E-state index < -0.39 is 0 Å². The van der Waals surface area contributed by atoms with Crippen molar-refractivity contribution in [3.05, 3.63) is 94.4 Å². The minimum absolute atomic E-state index is 0.0381. The van der Waals surface area contributed by atoms with Gasteiger partial charge in [0.25, 0.3) is 5.56 Å². The zero-order valence-electron chi connectivity index (χ0n) is 17.8. The van der Waals surface area contributed by atoms with Crippen molar-refractivity contribution in [3.8, 4) is 21.1 Å². The fraction of sp³-hybridized carbons (Fsp3) is 0.200. The Labute approximate surface area is 190 Å². The van der Waals surface area contributed by atoms with Gasteiger partial charge in [0.1, 0.15) is 10.7 Å². The van der Waals surface area contributed by atoms with Crippen molar-refractivity contribution in [3.63, 3.8) is 0 Å². The van der Waals surface area contributed by atoms with Gasteiger partial charge in [-0.2, -0.15) is 5.10 Å². The van der Waals surface area contributed by atoms with Crippen molar-refractivity contribution >= 4 is 17.2 Å². The first kappa shape index (κ1) is 21.6. The highest BCUT2D eigenvalue weighted by Crippen LogP contribution is 2.33. The first-order valence-electron chi connectivity index (χ1n) is 10.5. The molecule has 0 unspecified atom stereocenters. The molecule has 2 aromatic heterocycles. The van der Waals surface area contributed by atoms with E-state index in [9.17, 15) is 9.59 Å². The van der Waals surface area contributed by atoms with Gasteiger partial charge >= 0.3 is 0 Å². The predicted molar refractivity (Wildman–Crippen MR) is 128 cm³/mol. The fourth-order valence-electron chi connectivity index (χ4n) is 3.36. The summed E-state index contributed by atoms with van der Waals surface area (Å²) < 4.78 is 1.40. The number of aryl methyl sites for hydroxylation is 2.